The van der Waals surface area contributed by atoms with Gasteiger partial charge in [0.05, 0.1) is 85.5 Å². The van der Waals surface area contributed by atoms with E-state index in [0.29, 0.717) is 25.7 Å². The van der Waals surface area contributed by atoms with Crippen molar-refractivity contribution in [2.45, 2.75) is 287 Å². The Kier molecular flexibility index (Phi) is 26.4. The lowest BCUT2D eigenvalue weighted by atomic mass is 9.81. The first kappa shape index (κ1) is 65.8. The van der Waals surface area contributed by atoms with Gasteiger partial charge >= 0.3 is 5.97 Å². The third-order valence-electron chi connectivity index (χ3n) is 16.5. The molecule has 0 spiro atoms. The Morgan fingerprint density at radius 3 is 1.88 bits per heavy atom. The highest BCUT2D eigenvalue weighted by Crippen LogP contribution is 2.40. The van der Waals surface area contributed by atoms with Gasteiger partial charge in [-0.1, -0.05) is 90.8 Å². The first-order valence-corrected chi connectivity index (χ1v) is 28.6. The SMILES string of the molecule is CC(C)CC(OC1CC(OC2CC(O)C(O)C(C)O2)C(O)C(C)O1)C(C)C(O)C(C)C(O)CC1OC(=O)CCCCCC(O)CC2(O)OC(CC(OC3CC(O)C(O)C(C)O3)CC(O)C=CC=CC=CC1C)CC(O)C2C. The lowest BCUT2D eigenvalue weighted by molar-refractivity contribution is -0.318. The van der Waals surface area contributed by atoms with E-state index in [2.05, 4.69) is 0 Å². The van der Waals surface area contributed by atoms with Crippen LogP contribution in [0.2, 0.25) is 0 Å². The maximum absolute atomic E-state index is 13.5. The van der Waals surface area contributed by atoms with Crippen LogP contribution in [0.25, 0.3) is 0 Å². The number of aliphatic hydroxyl groups is 11. The number of allylic oxidation sites excluding steroid dienone is 4. The van der Waals surface area contributed by atoms with Gasteiger partial charge in [-0.2, -0.15) is 0 Å². The van der Waals surface area contributed by atoms with Gasteiger partial charge in [0.15, 0.2) is 24.7 Å². The van der Waals surface area contributed by atoms with Gasteiger partial charge in [-0.05, 0) is 46.0 Å². The molecule has 4 saturated heterocycles. The summed E-state index contributed by atoms with van der Waals surface area (Å²) < 4.78 is 49.1. The Labute approximate surface area is 456 Å². The maximum atomic E-state index is 13.5. The van der Waals surface area contributed by atoms with Crippen molar-refractivity contribution >= 4 is 5.97 Å². The summed E-state index contributed by atoms with van der Waals surface area (Å²) in [5, 5.41) is 121. The molecule has 2 bridgehead atoms. The third kappa shape index (κ3) is 19.8. The smallest absolute Gasteiger partial charge is 0.306 e. The Bertz CT molecular complexity index is 1800. The van der Waals surface area contributed by atoms with Crippen molar-refractivity contribution in [2.24, 2.45) is 29.6 Å². The molecular formula is C57H98O20. The number of fused-ring (bicyclic) bond motifs is 2. The van der Waals surface area contributed by atoms with E-state index in [4.69, 9.17) is 37.9 Å². The Balaban J connectivity index is 1.27. The van der Waals surface area contributed by atoms with E-state index in [0.717, 1.165) is 0 Å². The number of esters is 1. The molecule has 5 aliphatic heterocycles. The summed E-state index contributed by atoms with van der Waals surface area (Å²) in [4.78, 5) is 13.5. The summed E-state index contributed by atoms with van der Waals surface area (Å²) in [6, 6.07) is 0. The number of hydrogen-bond acceptors (Lipinski definition) is 20. The van der Waals surface area contributed by atoms with Crippen molar-refractivity contribution < 1.29 is 98.9 Å². The Morgan fingerprint density at radius 2 is 1.26 bits per heavy atom. The van der Waals surface area contributed by atoms with Crippen molar-refractivity contribution in [1.82, 2.24) is 0 Å². The van der Waals surface area contributed by atoms with Gasteiger partial charge in [0.1, 0.15) is 24.4 Å². The van der Waals surface area contributed by atoms with Crippen molar-refractivity contribution in [3.05, 3.63) is 36.5 Å². The standard InChI is InChI=1S/C57H98O20/c1-30(2)21-47(75-52-28-48(56(68)37(9)72-52)76-51-27-45(63)55(67)36(8)71-51)33(5)53(65)32(4)42(60)25-46-31(3)17-13-10-11-14-18-38(58)22-40(73-50-26-44(62)54(66)35(7)70-50)23-41-24-43(61)34(6)57(69,77-41)29-39(59)19-15-12-16-20-49(64)74-46/h10-11,13-14,17-18,30-48,50-56,58-63,65-69H,12,15-16,19-29H2,1-9H3. The zero-order valence-electron chi connectivity index (χ0n) is 47.0. The number of hydrogen-bond donors (Lipinski definition) is 11. The Hall–Kier alpha value is -2.03. The quantitative estimate of drug-likeness (QED) is 0.111. The average molecular weight is 1100 g/mol. The number of carbonyl (C=O) groups excluding carboxylic acids is 1. The molecule has 77 heavy (non-hydrogen) atoms. The van der Waals surface area contributed by atoms with E-state index >= 15 is 0 Å². The molecule has 0 saturated carbocycles. The monoisotopic (exact) mass is 1100 g/mol. The van der Waals surface area contributed by atoms with Crippen molar-refractivity contribution in [3.8, 4) is 0 Å². The highest BCUT2D eigenvalue weighted by Gasteiger charge is 2.49. The fourth-order valence-electron chi connectivity index (χ4n) is 11.3. The van der Waals surface area contributed by atoms with Crippen LogP contribution >= 0.6 is 0 Å². The van der Waals surface area contributed by atoms with E-state index in [1.165, 1.54) is 0 Å². The molecule has 0 amide bonds. The van der Waals surface area contributed by atoms with Crippen LogP contribution in [0.4, 0.5) is 0 Å². The summed E-state index contributed by atoms with van der Waals surface area (Å²) in [7, 11) is 0. The van der Waals surface area contributed by atoms with Crippen LogP contribution in [-0.4, -0.2) is 197 Å². The molecule has 4 fully saturated rings. The van der Waals surface area contributed by atoms with Crippen molar-refractivity contribution in [3.63, 3.8) is 0 Å². The molecular weight excluding hydrogens is 1000 g/mol. The number of ether oxygens (including phenoxy) is 8. The van der Waals surface area contributed by atoms with Crippen LogP contribution in [0.1, 0.15) is 152 Å². The van der Waals surface area contributed by atoms with Crippen LogP contribution in [0, 0.1) is 29.6 Å². The molecule has 11 N–H and O–H groups in total. The predicted molar refractivity (Wildman–Crippen MR) is 281 cm³/mol. The van der Waals surface area contributed by atoms with Gasteiger partial charge in [-0.3, -0.25) is 4.79 Å². The lowest BCUT2D eigenvalue weighted by Crippen LogP contribution is -2.55. The van der Waals surface area contributed by atoms with Gasteiger partial charge in [0.2, 0.25) is 0 Å². The molecule has 26 unspecified atom stereocenters. The summed E-state index contributed by atoms with van der Waals surface area (Å²) in [6.45, 7) is 16.1. The molecule has 20 nitrogen and oxygen atoms in total. The first-order chi connectivity index (χ1) is 36.2. The van der Waals surface area contributed by atoms with Gasteiger partial charge in [-0.15, -0.1) is 0 Å². The van der Waals surface area contributed by atoms with Crippen LogP contribution in [0.5, 0.6) is 0 Å². The zero-order valence-corrected chi connectivity index (χ0v) is 47.0. The van der Waals surface area contributed by atoms with E-state index < -0.39 is 164 Å². The normalized spacial score (nSPS) is 42.9. The van der Waals surface area contributed by atoms with Crippen molar-refractivity contribution in [2.75, 3.05) is 0 Å². The fourth-order valence-corrected chi connectivity index (χ4v) is 11.3. The number of aliphatic hydroxyl groups excluding tert-OH is 10. The molecule has 0 aromatic heterocycles. The van der Waals surface area contributed by atoms with Gasteiger partial charge in [-0.25, -0.2) is 0 Å². The van der Waals surface area contributed by atoms with E-state index in [1.54, 1.807) is 65.0 Å². The minimum atomic E-state index is -1.89. The number of rotatable bonds is 14. The molecule has 20 heteroatoms. The van der Waals surface area contributed by atoms with Crippen LogP contribution in [-0.2, 0) is 42.7 Å². The highest BCUT2D eigenvalue weighted by atomic mass is 16.7. The third-order valence-corrected chi connectivity index (χ3v) is 16.5. The van der Waals surface area contributed by atoms with Gasteiger partial charge in [0.25, 0.3) is 0 Å². The molecule has 5 rings (SSSR count). The lowest BCUT2D eigenvalue weighted by Gasteiger charge is -2.46. The Morgan fingerprint density at radius 1 is 0.662 bits per heavy atom. The second-order valence-corrected chi connectivity index (χ2v) is 23.6. The molecule has 5 heterocycles. The topological polar surface area (TPSA) is 313 Å². The summed E-state index contributed by atoms with van der Waals surface area (Å²) >= 11 is 0. The van der Waals surface area contributed by atoms with Crippen molar-refractivity contribution in [1.29, 1.82) is 0 Å². The van der Waals surface area contributed by atoms with Crippen LogP contribution in [0.15, 0.2) is 36.5 Å². The number of cyclic esters (lactones) is 1. The molecule has 446 valence electrons. The molecule has 0 radical (unpaired) electrons. The van der Waals surface area contributed by atoms with E-state index in [9.17, 15) is 61.0 Å². The van der Waals surface area contributed by atoms with Crippen LogP contribution in [0.3, 0.4) is 0 Å². The molecule has 5 aliphatic rings. The maximum Gasteiger partial charge on any atom is 0.306 e. The van der Waals surface area contributed by atoms with E-state index in [1.807, 2.05) is 33.8 Å². The summed E-state index contributed by atoms with van der Waals surface area (Å²) in [5.41, 5.74) is 0. The highest BCUT2D eigenvalue weighted by molar-refractivity contribution is 5.69. The second kappa shape index (κ2) is 30.9. The van der Waals surface area contributed by atoms with Gasteiger partial charge < -0.3 is 94.1 Å². The summed E-state index contributed by atoms with van der Waals surface area (Å²) in [6.07, 6.45) is -5.90. The molecule has 0 aliphatic carbocycles. The average Bonchev–Trinajstić information content (AvgIpc) is 3.34. The second-order valence-electron chi connectivity index (χ2n) is 23.6. The van der Waals surface area contributed by atoms with E-state index in [-0.39, 0.29) is 70.1 Å². The minimum absolute atomic E-state index is 0.000183. The predicted octanol–water partition coefficient (Wildman–Crippen LogP) is 3.33. The zero-order chi connectivity index (χ0) is 56.9. The van der Waals surface area contributed by atoms with Crippen LogP contribution < -0.4 is 0 Å². The molecule has 26 atom stereocenters. The largest absolute Gasteiger partial charge is 0.462 e. The number of carbonyl (C=O) groups is 1. The van der Waals surface area contributed by atoms with Gasteiger partial charge in [0, 0.05) is 81.5 Å². The first-order valence-electron chi connectivity index (χ1n) is 28.6. The summed E-state index contributed by atoms with van der Waals surface area (Å²) in [5.74, 6) is -4.59. The molecule has 0 aromatic rings. The molecule has 0 aromatic carbocycles. The minimum Gasteiger partial charge on any atom is -0.462 e. The fraction of sp³-hybridized carbons (Fsp3) is 0.877.